The first-order chi connectivity index (χ1) is 31.5. The third-order valence-electron chi connectivity index (χ3n) is 14.9. The number of aromatic nitrogens is 4. The molecular formula is C50H58N8O7. The number of rotatable bonds is 11. The second-order valence-electron chi connectivity index (χ2n) is 19.2. The lowest BCUT2D eigenvalue weighted by Gasteiger charge is -2.37. The molecule has 10 rings (SSSR count). The van der Waals surface area contributed by atoms with Crippen molar-refractivity contribution in [3.8, 4) is 33.6 Å². The van der Waals surface area contributed by atoms with E-state index < -0.39 is 24.3 Å². The normalized spacial score (nSPS) is 23.2. The first-order valence-electron chi connectivity index (χ1n) is 23.2. The van der Waals surface area contributed by atoms with Gasteiger partial charge >= 0.3 is 12.2 Å². The van der Waals surface area contributed by atoms with Gasteiger partial charge in [-0.2, -0.15) is 0 Å². The number of H-pyrrole nitrogens is 2. The van der Waals surface area contributed by atoms with Gasteiger partial charge in [0.25, 0.3) is 0 Å². The van der Waals surface area contributed by atoms with E-state index in [0.29, 0.717) is 38.5 Å². The number of nitrogens with zero attached hydrogens (tertiary/aromatic N) is 4. The average molecular weight is 883 g/mol. The van der Waals surface area contributed by atoms with Crippen LogP contribution in [0.1, 0.15) is 88.9 Å². The summed E-state index contributed by atoms with van der Waals surface area (Å²) in [5, 5.41) is 7.84. The predicted molar refractivity (Wildman–Crippen MR) is 243 cm³/mol. The molecule has 3 aromatic carbocycles. The monoisotopic (exact) mass is 882 g/mol. The molecule has 4 amide bonds. The maximum atomic E-state index is 14.3. The molecule has 3 saturated heterocycles. The Morgan fingerprint density at radius 3 is 2.06 bits per heavy atom. The zero-order chi connectivity index (χ0) is 45.0. The van der Waals surface area contributed by atoms with E-state index in [4.69, 9.17) is 24.2 Å². The van der Waals surface area contributed by atoms with Crippen molar-refractivity contribution in [3.63, 3.8) is 0 Å². The molecule has 3 aliphatic heterocycles. The van der Waals surface area contributed by atoms with Crippen LogP contribution in [0.3, 0.4) is 0 Å². The summed E-state index contributed by atoms with van der Waals surface area (Å²) in [7, 11) is 2.63. The van der Waals surface area contributed by atoms with Gasteiger partial charge in [0.1, 0.15) is 23.7 Å². The second kappa shape index (κ2) is 17.3. The molecule has 5 aliphatic rings. The van der Waals surface area contributed by atoms with Crippen LogP contribution in [0, 0.1) is 23.2 Å². The SMILES string of the molecule is COC(=O)NC(C(=O)N1CC2(CC2)C[C@H]1c1ncc(-c2ccc3cc(-c4ccc(-c5cnc([C@@H]6[C@H]7CC[C@H](C7)N6C(=O)[C@@H](NC(=O)OC)C(C)C)[nH]5)cc4)ccc3c2)[nH]1)C1CCOCC1. The Bertz CT molecular complexity index is 2590. The van der Waals surface area contributed by atoms with Gasteiger partial charge in [0.05, 0.1) is 50.1 Å². The second-order valence-corrected chi connectivity index (χ2v) is 19.2. The largest absolute Gasteiger partial charge is 0.453 e. The van der Waals surface area contributed by atoms with Crippen molar-refractivity contribution in [2.45, 2.75) is 95.4 Å². The zero-order valence-electron chi connectivity index (χ0n) is 37.5. The summed E-state index contributed by atoms with van der Waals surface area (Å²) < 4.78 is 15.3. The van der Waals surface area contributed by atoms with Crippen molar-refractivity contribution in [1.29, 1.82) is 0 Å². The summed E-state index contributed by atoms with van der Waals surface area (Å²) in [6, 6.07) is 19.7. The highest BCUT2D eigenvalue weighted by Crippen LogP contribution is 2.58. The fourth-order valence-corrected chi connectivity index (χ4v) is 11.1. The van der Waals surface area contributed by atoms with Crippen LogP contribution in [-0.4, -0.2) is 106 Å². The Morgan fingerprint density at radius 2 is 1.37 bits per heavy atom. The van der Waals surface area contributed by atoms with Crippen molar-refractivity contribution in [1.82, 2.24) is 40.4 Å². The number of aromatic amines is 2. The van der Waals surface area contributed by atoms with E-state index in [1.165, 1.54) is 14.2 Å². The smallest absolute Gasteiger partial charge is 0.407 e. The number of alkyl carbamates (subject to hydrolysis) is 2. The Morgan fingerprint density at radius 1 is 0.754 bits per heavy atom. The minimum absolute atomic E-state index is 0.0273. The third kappa shape index (κ3) is 8.23. The summed E-state index contributed by atoms with van der Waals surface area (Å²) in [5.74, 6) is 1.55. The van der Waals surface area contributed by atoms with Crippen LogP contribution in [0.4, 0.5) is 9.59 Å². The standard InChI is InChI=1S/C50H58N8O7/c1-28(2)41(55-48(61)63-3)47(60)58-37-14-13-36(23-37)43(58)45-52-25-38(54-45)30-7-5-29(6-8-30)32-9-10-34-22-35(12-11-33(34)21-32)39-26-51-44(53-39)40-24-50(17-18-50)27-57(40)46(59)42(56-49(62)64-4)31-15-19-65-20-16-31/h5-12,21-22,25-26,28,31,36-37,40-43H,13-20,23-24,27H2,1-4H3,(H,51,53)(H,52,54)(H,55,61)(H,56,62)/t36-,37+,40-,41-,42?,43-/m0/s1. The number of ether oxygens (including phenoxy) is 3. The summed E-state index contributed by atoms with van der Waals surface area (Å²) in [4.78, 5) is 73.6. The molecule has 6 atom stereocenters. The van der Waals surface area contributed by atoms with Crippen molar-refractivity contribution in [3.05, 3.63) is 84.7 Å². The molecule has 2 bridgehead atoms. The van der Waals surface area contributed by atoms with E-state index in [2.05, 4.69) is 81.3 Å². The fourth-order valence-electron chi connectivity index (χ4n) is 11.1. The Hall–Kier alpha value is -6.22. The average Bonchev–Trinajstić information content (AvgIpc) is 3.97. The number of benzene rings is 3. The Kier molecular flexibility index (Phi) is 11.4. The summed E-state index contributed by atoms with van der Waals surface area (Å²) >= 11 is 0. The number of hydrogen-bond acceptors (Lipinski definition) is 9. The zero-order valence-corrected chi connectivity index (χ0v) is 37.5. The van der Waals surface area contributed by atoms with Crippen molar-refractivity contribution < 1.29 is 33.4 Å². The molecule has 4 N–H and O–H groups in total. The number of hydrogen-bond donors (Lipinski definition) is 4. The molecule has 2 saturated carbocycles. The van der Waals surface area contributed by atoms with Gasteiger partial charge in [0.15, 0.2) is 0 Å². The fraction of sp³-hybridized carbons (Fsp3) is 0.480. The summed E-state index contributed by atoms with van der Waals surface area (Å²) in [6.45, 7) is 5.65. The van der Waals surface area contributed by atoms with E-state index in [1.807, 2.05) is 36.0 Å². The van der Waals surface area contributed by atoms with Crippen LogP contribution < -0.4 is 10.6 Å². The number of amides is 4. The predicted octanol–water partition coefficient (Wildman–Crippen LogP) is 7.92. The maximum absolute atomic E-state index is 14.3. The number of likely N-dealkylation sites (tertiary alicyclic amines) is 2. The highest BCUT2D eigenvalue weighted by molar-refractivity contribution is 5.91. The Balaban J connectivity index is 0.833. The van der Waals surface area contributed by atoms with E-state index >= 15 is 0 Å². The molecule has 15 nitrogen and oxygen atoms in total. The number of carbonyl (C=O) groups is 4. The third-order valence-corrected chi connectivity index (χ3v) is 14.9. The van der Waals surface area contributed by atoms with Gasteiger partial charge in [-0.25, -0.2) is 19.6 Å². The molecule has 15 heteroatoms. The van der Waals surface area contributed by atoms with E-state index in [9.17, 15) is 19.2 Å². The summed E-state index contributed by atoms with van der Waals surface area (Å²) in [6.07, 6.45) is 9.84. The van der Waals surface area contributed by atoms with Crippen LogP contribution in [0.2, 0.25) is 0 Å². The number of methoxy groups -OCH3 is 2. The highest BCUT2D eigenvalue weighted by atomic mass is 16.5. The lowest BCUT2D eigenvalue weighted by Crippen LogP contribution is -2.54. The topological polar surface area (TPSA) is 184 Å². The molecule has 2 aromatic heterocycles. The number of fused-ring (bicyclic) bond motifs is 3. The van der Waals surface area contributed by atoms with Gasteiger partial charge in [0.2, 0.25) is 11.8 Å². The first-order valence-corrected chi connectivity index (χ1v) is 23.2. The molecular weight excluding hydrogens is 825 g/mol. The number of imidazole rings is 2. The minimum Gasteiger partial charge on any atom is -0.453 e. The molecule has 65 heavy (non-hydrogen) atoms. The molecule has 1 spiro atoms. The van der Waals surface area contributed by atoms with Gasteiger partial charge in [0, 0.05) is 31.4 Å². The molecule has 5 fully saturated rings. The van der Waals surface area contributed by atoms with Crippen LogP contribution in [-0.2, 0) is 23.8 Å². The number of carbonyl (C=O) groups excluding carboxylic acids is 4. The van der Waals surface area contributed by atoms with Gasteiger partial charge in [-0.15, -0.1) is 0 Å². The summed E-state index contributed by atoms with van der Waals surface area (Å²) in [5.41, 5.74) is 6.07. The highest BCUT2D eigenvalue weighted by Gasteiger charge is 2.56. The van der Waals surface area contributed by atoms with Crippen LogP contribution in [0.15, 0.2) is 73.1 Å². The lowest BCUT2D eigenvalue weighted by molar-refractivity contribution is -0.139. The van der Waals surface area contributed by atoms with Crippen molar-refractivity contribution in [2.75, 3.05) is 34.0 Å². The number of piperidine rings is 1. The Labute approximate surface area is 378 Å². The molecule has 0 radical (unpaired) electrons. The van der Waals surface area contributed by atoms with Crippen LogP contribution in [0.5, 0.6) is 0 Å². The van der Waals surface area contributed by atoms with Gasteiger partial charge < -0.3 is 44.6 Å². The minimum atomic E-state index is -0.684. The lowest BCUT2D eigenvalue weighted by atomic mass is 9.90. The molecule has 5 aromatic rings. The molecule has 340 valence electrons. The first kappa shape index (κ1) is 42.7. The van der Waals surface area contributed by atoms with Gasteiger partial charge in [-0.3, -0.25) is 9.59 Å². The van der Waals surface area contributed by atoms with Crippen molar-refractivity contribution in [2.24, 2.45) is 23.2 Å². The number of nitrogens with one attached hydrogen (secondary N) is 4. The van der Waals surface area contributed by atoms with E-state index in [-0.39, 0.29) is 47.2 Å². The maximum Gasteiger partial charge on any atom is 0.407 e. The molecule has 5 heterocycles. The van der Waals surface area contributed by atoms with Crippen LogP contribution in [0.25, 0.3) is 44.4 Å². The van der Waals surface area contributed by atoms with E-state index in [0.717, 1.165) is 94.6 Å². The van der Waals surface area contributed by atoms with Crippen molar-refractivity contribution >= 4 is 34.8 Å². The van der Waals surface area contributed by atoms with E-state index in [1.54, 1.807) is 0 Å². The van der Waals surface area contributed by atoms with Crippen LogP contribution >= 0.6 is 0 Å². The molecule has 2 aliphatic carbocycles. The van der Waals surface area contributed by atoms with Gasteiger partial charge in [-0.05, 0) is 114 Å². The van der Waals surface area contributed by atoms with Gasteiger partial charge in [-0.1, -0.05) is 62.4 Å². The quantitative estimate of drug-likeness (QED) is 0.102. The molecule has 1 unspecified atom stereocenters.